The van der Waals surface area contributed by atoms with Crippen molar-refractivity contribution in [3.8, 4) is 0 Å². The van der Waals surface area contributed by atoms with Crippen molar-refractivity contribution in [2.24, 2.45) is 0 Å². The van der Waals surface area contributed by atoms with Gasteiger partial charge in [0.15, 0.2) is 0 Å². The number of carbonyl (C=O) groups is 1. The largest absolute Gasteiger partial charge is 0.465 e. The van der Waals surface area contributed by atoms with Crippen LogP contribution in [0.15, 0.2) is 24.3 Å². The molecule has 1 aromatic carbocycles. The third kappa shape index (κ3) is 5.06. The van der Waals surface area contributed by atoms with Crippen LogP contribution in [0, 0.1) is 10.1 Å². The van der Waals surface area contributed by atoms with Crippen molar-refractivity contribution in [1.82, 2.24) is 4.72 Å². The maximum Gasteiger partial charge on any atom is 0.327 e. The normalized spacial score (nSPS) is 14.1. The monoisotopic (exact) mass is 332 g/mol. The molecule has 22 heavy (non-hydrogen) atoms. The van der Waals surface area contributed by atoms with Crippen LogP contribution >= 0.6 is 0 Å². The molecular formula is C12H16N2O7S. The van der Waals surface area contributed by atoms with Crippen molar-refractivity contribution >= 4 is 21.7 Å². The minimum Gasteiger partial charge on any atom is -0.465 e. The van der Waals surface area contributed by atoms with Gasteiger partial charge in [-0.05, 0) is 24.6 Å². The zero-order chi connectivity index (χ0) is 16.9. The van der Waals surface area contributed by atoms with E-state index in [4.69, 9.17) is 4.74 Å². The number of nitrogens with zero attached hydrogens (tertiary/aromatic N) is 1. The van der Waals surface area contributed by atoms with Gasteiger partial charge in [-0.15, -0.1) is 0 Å². The number of carbonyl (C=O) groups excluding carboxylic acids is 1. The number of nitro benzene ring substituents is 1. The van der Waals surface area contributed by atoms with Crippen LogP contribution in [0.4, 0.5) is 5.69 Å². The van der Waals surface area contributed by atoms with Crippen molar-refractivity contribution in [2.75, 3.05) is 12.9 Å². The molecule has 0 radical (unpaired) electrons. The highest BCUT2D eigenvalue weighted by Crippen LogP contribution is 2.21. The molecule has 10 heteroatoms. The Bertz CT molecular complexity index is 642. The zero-order valence-corrected chi connectivity index (χ0v) is 12.7. The number of hydrogen-bond acceptors (Lipinski definition) is 7. The molecule has 2 N–H and O–H groups in total. The van der Waals surface area contributed by atoms with E-state index in [2.05, 4.69) is 0 Å². The second-order valence-corrected chi connectivity index (χ2v) is 6.19. The van der Waals surface area contributed by atoms with E-state index in [-0.39, 0.29) is 17.9 Å². The van der Waals surface area contributed by atoms with Crippen LogP contribution in [0.1, 0.15) is 18.6 Å². The fourth-order valence-electron chi connectivity index (χ4n) is 1.69. The molecule has 0 aliphatic heterocycles. The van der Waals surface area contributed by atoms with Crippen LogP contribution in [0.2, 0.25) is 0 Å². The Morgan fingerprint density at radius 1 is 1.41 bits per heavy atom. The number of non-ortho nitro benzene ring substituents is 1. The fraction of sp³-hybridized carbons (Fsp3) is 0.417. The molecule has 0 bridgehead atoms. The lowest BCUT2D eigenvalue weighted by atomic mass is 10.0. The van der Waals surface area contributed by atoms with Crippen molar-refractivity contribution in [3.63, 3.8) is 0 Å². The molecule has 1 rings (SSSR count). The second-order valence-electron chi connectivity index (χ2n) is 4.41. The first-order valence-electron chi connectivity index (χ1n) is 6.22. The summed E-state index contributed by atoms with van der Waals surface area (Å²) >= 11 is 0. The van der Waals surface area contributed by atoms with Crippen molar-refractivity contribution < 1.29 is 28.0 Å². The lowest BCUT2D eigenvalue weighted by Crippen LogP contribution is -2.45. The second kappa shape index (κ2) is 7.29. The third-order valence-corrected chi connectivity index (χ3v) is 3.32. The Hall–Kier alpha value is -2.04. The minimum atomic E-state index is -3.78. The number of esters is 1. The summed E-state index contributed by atoms with van der Waals surface area (Å²) in [6, 6.07) is 3.21. The molecule has 122 valence electrons. The highest BCUT2D eigenvalue weighted by Gasteiger charge is 2.32. The fourth-order valence-corrected chi connectivity index (χ4v) is 2.38. The Morgan fingerprint density at radius 2 is 1.95 bits per heavy atom. The van der Waals surface area contributed by atoms with Gasteiger partial charge >= 0.3 is 5.97 Å². The molecule has 9 nitrogen and oxygen atoms in total. The Kier molecular flexibility index (Phi) is 5.97. The maximum absolute atomic E-state index is 11.8. The number of sulfonamides is 1. The van der Waals surface area contributed by atoms with Gasteiger partial charge in [-0.3, -0.25) is 14.9 Å². The summed E-state index contributed by atoms with van der Waals surface area (Å²) in [5, 5.41) is 20.7. The number of nitrogens with one attached hydrogen (secondary N) is 1. The van der Waals surface area contributed by atoms with Crippen molar-refractivity contribution in [1.29, 1.82) is 0 Å². The summed E-state index contributed by atoms with van der Waals surface area (Å²) in [5.41, 5.74) is -0.0560. The molecule has 0 aliphatic carbocycles. The summed E-state index contributed by atoms with van der Waals surface area (Å²) < 4.78 is 29.3. The predicted octanol–water partition coefficient (Wildman–Crippen LogP) is 0.109. The molecule has 0 saturated heterocycles. The smallest absolute Gasteiger partial charge is 0.327 e. The highest BCUT2D eigenvalue weighted by molar-refractivity contribution is 7.88. The van der Waals surface area contributed by atoms with Gasteiger partial charge in [0.25, 0.3) is 5.69 Å². The number of aliphatic hydroxyl groups excluding tert-OH is 1. The van der Waals surface area contributed by atoms with E-state index < -0.39 is 33.1 Å². The molecule has 0 unspecified atom stereocenters. The number of aliphatic hydroxyl groups is 1. The molecule has 2 atom stereocenters. The molecule has 0 fully saturated rings. The molecule has 0 heterocycles. The topological polar surface area (TPSA) is 136 Å². The van der Waals surface area contributed by atoms with Gasteiger partial charge in [0, 0.05) is 12.1 Å². The highest BCUT2D eigenvalue weighted by atomic mass is 32.2. The molecule has 0 amide bonds. The molecule has 0 aromatic heterocycles. The van der Waals surface area contributed by atoms with E-state index >= 15 is 0 Å². The first-order chi connectivity index (χ1) is 10.2. The standard InChI is InChI=1S/C12H16N2O7S/c1-3-21-12(16)10(13-22(2,19)20)11(15)8-4-6-9(7-5-8)14(17)18/h4-7,10-11,13,15H,3H2,1-2H3/t10-,11+/m1/s1. The van der Waals surface area contributed by atoms with Crippen LogP contribution in [0.5, 0.6) is 0 Å². The molecule has 0 aliphatic rings. The Balaban J connectivity index is 3.06. The molecular weight excluding hydrogens is 316 g/mol. The van der Waals surface area contributed by atoms with E-state index in [1.54, 1.807) is 0 Å². The van der Waals surface area contributed by atoms with Crippen LogP contribution in [0.25, 0.3) is 0 Å². The van der Waals surface area contributed by atoms with Crippen LogP contribution in [-0.4, -0.2) is 43.3 Å². The Labute approximate surface area is 127 Å². The first-order valence-corrected chi connectivity index (χ1v) is 8.11. The van der Waals surface area contributed by atoms with Crippen LogP contribution < -0.4 is 4.72 Å². The third-order valence-electron chi connectivity index (χ3n) is 2.64. The van der Waals surface area contributed by atoms with Gasteiger partial charge in [-0.25, -0.2) is 8.42 Å². The molecule has 0 spiro atoms. The van der Waals surface area contributed by atoms with E-state index in [1.165, 1.54) is 19.1 Å². The van der Waals surface area contributed by atoms with Crippen LogP contribution in [0.3, 0.4) is 0 Å². The average molecular weight is 332 g/mol. The van der Waals surface area contributed by atoms with Gasteiger partial charge in [0.1, 0.15) is 12.1 Å². The van der Waals surface area contributed by atoms with Gasteiger partial charge < -0.3 is 9.84 Å². The van der Waals surface area contributed by atoms with Crippen LogP contribution in [-0.2, 0) is 19.6 Å². The first kappa shape index (κ1) is 18.0. The van der Waals surface area contributed by atoms with Gasteiger partial charge in [0.2, 0.25) is 10.0 Å². The molecule has 1 aromatic rings. The zero-order valence-electron chi connectivity index (χ0n) is 11.9. The SMILES string of the molecule is CCOC(=O)[C@H](NS(C)(=O)=O)[C@@H](O)c1ccc([N+](=O)[O-])cc1. The maximum atomic E-state index is 11.8. The lowest BCUT2D eigenvalue weighted by Gasteiger charge is -2.21. The van der Waals surface area contributed by atoms with E-state index in [0.717, 1.165) is 18.4 Å². The lowest BCUT2D eigenvalue weighted by molar-refractivity contribution is -0.384. The number of nitro groups is 1. The predicted molar refractivity (Wildman–Crippen MR) is 76.5 cm³/mol. The minimum absolute atomic E-state index is 0.00770. The van der Waals surface area contributed by atoms with E-state index in [9.17, 15) is 28.4 Å². The summed E-state index contributed by atoms with van der Waals surface area (Å²) in [5.74, 6) is -0.946. The summed E-state index contributed by atoms with van der Waals surface area (Å²) in [6.07, 6.45) is -0.712. The van der Waals surface area contributed by atoms with Crippen molar-refractivity contribution in [3.05, 3.63) is 39.9 Å². The average Bonchev–Trinajstić information content (AvgIpc) is 2.43. The summed E-state index contributed by atoms with van der Waals surface area (Å²) in [6.45, 7) is 1.54. The Morgan fingerprint density at radius 3 is 2.36 bits per heavy atom. The summed E-state index contributed by atoms with van der Waals surface area (Å²) in [7, 11) is -3.78. The summed E-state index contributed by atoms with van der Waals surface area (Å²) in [4.78, 5) is 21.8. The number of ether oxygens (including phenoxy) is 1. The molecule has 0 saturated carbocycles. The van der Waals surface area contributed by atoms with Gasteiger partial charge in [-0.1, -0.05) is 0 Å². The van der Waals surface area contributed by atoms with Gasteiger partial charge in [0.05, 0.1) is 17.8 Å². The van der Waals surface area contributed by atoms with Crippen molar-refractivity contribution in [2.45, 2.75) is 19.1 Å². The van der Waals surface area contributed by atoms with E-state index in [1.807, 2.05) is 4.72 Å². The quantitative estimate of drug-likeness (QED) is 0.411. The number of rotatable bonds is 7. The van der Waals surface area contributed by atoms with Gasteiger partial charge in [-0.2, -0.15) is 4.72 Å². The number of hydrogen-bond donors (Lipinski definition) is 2. The van der Waals surface area contributed by atoms with E-state index in [0.29, 0.717) is 0 Å². The number of benzene rings is 1.